The molecule has 5 unspecified atom stereocenters. The number of hydrogen-bond donors (Lipinski definition) is 2. The topological polar surface area (TPSA) is 62.2 Å². The Morgan fingerprint density at radius 2 is 1.92 bits per heavy atom. The van der Waals surface area contributed by atoms with Crippen molar-refractivity contribution < 1.29 is 19.7 Å². The molecule has 0 radical (unpaired) electrons. The third-order valence-electron chi connectivity index (χ3n) is 2.75. The minimum absolute atomic E-state index is 0.0653. The molecular weight excluding hydrogens is 172 g/mol. The minimum Gasteiger partial charge on any atom is -0.394 e. The predicted molar refractivity (Wildman–Crippen MR) is 45.3 cm³/mol. The SMILES string of the molecule is CCCC1OC(CO)C(O)C2OC12. The normalized spacial score (nSPS) is 48.7. The second kappa shape index (κ2) is 3.53. The molecule has 2 rings (SSSR count). The van der Waals surface area contributed by atoms with Gasteiger partial charge in [-0.1, -0.05) is 13.3 Å². The number of aliphatic hydroxyl groups is 2. The molecule has 0 bridgehead atoms. The van der Waals surface area contributed by atoms with Crippen LogP contribution in [0, 0.1) is 0 Å². The Balaban J connectivity index is 1.95. The molecule has 2 heterocycles. The third-order valence-corrected chi connectivity index (χ3v) is 2.75. The molecule has 5 atom stereocenters. The Morgan fingerprint density at radius 1 is 1.15 bits per heavy atom. The van der Waals surface area contributed by atoms with Crippen molar-refractivity contribution in [3.63, 3.8) is 0 Å². The van der Waals surface area contributed by atoms with Crippen molar-refractivity contribution in [1.29, 1.82) is 0 Å². The van der Waals surface area contributed by atoms with E-state index in [1.807, 2.05) is 0 Å². The first-order valence-corrected chi connectivity index (χ1v) is 4.87. The lowest BCUT2D eigenvalue weighted by Gasteiger charge is -2.29. The molecule has 4 nitrogen and oxygen atoms in total. The number of ether oxygens (including phenoxy) is 2. The molecule has 0 aromatic rings. The lowest BCUT2D eigenvalue weighted by molar-refractivity contribution is -0.120. The highest BCUT2D eigenvalue weighted by atomic mass is 16.7. The van der Waals surface area contributed by atoms with Gasteiger partial charge in [-0.3, -0.25) is 0 Å². The Hall–Kier alpha value is -0.160. The Morgan fingerprint density at radius 3 is 2.54 bits per heavy atom. The molecule has 76 valence electrons. The molecule has 0 saturated carbocycles. The van der Waals surface area contributed by atoms with Crippen molar-refractivity contribution in [2.24, 2.45) is 0 Å². The van der Waals surface area contributed by atoms with Gasteiger partial charge >= 0.3 is 0 Å². The lowest BCUT2D eigenvalue weighted by Crippen LogP contribution is -2.46. The van der Waals surface area contributed by atoms with Crippen LogP contribution in [0.25, 0.3) is 0 Å². The largest absolute Gasteiger partial charge is 0.394 e. The third kappa shape index (κ3) is 1.59. The van der Waals surface area contributed by atoms with Gasteiger partial charge in [-0.2, -0.15) is 0 Å². The summed E-state index contributed by atoms with van der Waals surface area (Å²) in [5.41, 5.74) is 0. The Labute approximate surface area is 77.5 Å². The van der Waals surface area contributed by atoms with Crippen molar-refractivity contribution >= 4 is 0 Å². The molecule has 2 fully saturated rings. The van der Waals surface area contributed by atoms with Crippen molar-refractivity contribution in [1.82, 2.24) is 0 Å². The highest BCUT2D eigenvalue weighted by Crippen LogP contribution is 2.38. The van der Waals surface area contributed by atoms with E-state index in [0.29, 0.717) is 0 Å². The summed E-state index contributed by atoms with van der Waals surface area (Å²) in [6.07, 6.45) is 0.898. The second-order valence-corrected chi connectivity index (χ2v) is 3.74. The molecular formula is C9H16O4. The van der Waals surface area contributed by atoms with Gasteiger partial charge in [0.1, 0.15) is 24.4 Å². The van der Waals surface area contributed by atoms with E-state index in [0.717, 1.165) is 12.8 Å². The molecule has 2 N–H and O–H groups in total. The fraction of sp³-hybridized carbons (Fsp3) is 1.00. The monoisotopic (exact) mass is 188 g/mol. The van der Waals surface area contributed by atoms with Crippen molar-refractivity contribution in [3.05, 3.63) is 0 Å². The van der Waals surface area contributed by atoms with E-state index in [2.05, 4.69) is 6.92 Å². The van der Waals surface area contributed by atoms with Crippen LogP contribution in [0.4, 0.5) is 0 Å². The average Bonchev–Trinajstić information content (AvgIpc) is 2.90. The van der Waals surface area contributed by atoms with Gasteiger partial charge in [0, 0.05) is 0 Å². The van der Waals surface area contributed by atoms with Gasteiger partial charge in [-0.25, -0.2) is 0 Å². The molecule has 0 aromatic heterocycles. The highest BCUT2D eigenvalue weighted by molar-refractivity contribution is 5.02. The summed E-state index contributed by atoms with van der Waals surface area (Å²) in [6, 6.07) is 0. The molecule has 2 aliphatic heterocycles. The molecule has 0 amide bonds. The lowest BCUT2D eigenvalue weighted by atomic mass is 9.99. The molecule has 0 aliphatic carbocycles. The van der Waals surface area contributed by atoms with E-state index in [9.17, 15) is 5.11 Å². The van der Waals surface area contributed by atoms with E-state index in [-0.39, 0.29) is 24.9 Å². The number of hydrogen-bond acceptors (Lipinski definition) is 4. The van der Waals surface area contributed by atoms with Crippen LogP contribution in [0.3, 0.4) is 0 Å². The first-order chi connectivity index (χ1) is 6.27. The fourth-order valence-electron chi connectivity index (χ4n) is 1.97. The second-order valence-electron chi connectivity index (χ2n) is 3.74. The Bertz CT molecular complexity index is 182. The maximum atomic E-state index is 9.56. The van der Waals surface area contributed by atoms with E-state index in [1.165, 1.54) is 0 Å². The standard InChI is InChI=1S/C9H16O4/c1-2-3-5-8-9(13-8)7(11)6(4-10)12-5/h5-11H,2-4H2,1H3. The molecule has 2 saturated heterocycles. The first-order valence-electron chi connectivity index (χ1n) is 4.87. The summed E-state index contributed by atoms with van der Waals surface area (Å²) >= 11 is 0. The first kappa shape index (κ1) is 9.40. The van der Waals surface area contributed by atoms with E-state index in [1.54, 1.807) is 0 Å². The van der Waals surface area contributed by atoms with Crippen LogP contribution in [-0.4, -0.2) is 47.3 Å². The van der Waals surface area contributed by atoms with Crippen LogP contribution in [-0.2, 0) is 9.47 Å². The molecule has 4 heteroatoms. The van der Waals surface area contributed by atoms with Crippen LogP contribution >= 0.6 is 0 Å². The van der Waals surface area contributed by atoms with E-state index >= 15 is 0 Å². The van der Waals surface area contributed by atoms with Gasteiger partial charge in [-0.05, 0) is 6.42 Å². The minimum atomic E-state index is -0.650. The number of epoxide rings is 1. The Kier molecular flexibility index (Phi) is 2.55. The smallest absolute Gasteiger partial charge is 0.115 e. The number of fused-ring (bicyclic) bond motifs is 1. The van der Waals surface area contributed by atoms with Gasteiger partial charge in [0.25, 0.3) is 0 Å². The molecule has 2 aliphatic rings. The van der Waals surface area contributed by atoms with Gasteiger partial charge in [0.05, 0.1) is 12.7 Å². The van der Waals surface area contributed by atoms with Crippen LogP contribution in [0.1, 0.15) is 19.8 Å². The maximum Gasteiger partial charge on any atom is 0.115 e. The quantitative estimate of drug-likeness (QED) is 0.596. The number of aliphatic hydroxyl groups excluding tert-OH is 2. The van der Waals surface area contributed by atoms with E-state index in [4.69, 9.17) is 14.6 Å². The zero-order valence-electron chi connectivity index (χ0n) is 7.72. The summed E-state index contributed by atoms with van der Waals surface area (Å²) < 4.78 is 10.8. The summed E-state index contributed by atoms with van der Waals surface area (Å²) in [7, 11) is 0. The van der Waals surface area contributed by atoms with Crippen LogP contribution < -0.4 is 0 Å². The zero-order chi connectivity index (χ0) is 9.42. The summed E-state index contributed by atoms with van der Waals surface area (Å²) in [5.74, 6) is 0. The van der Waals surface area contributed by atoms with Gasteiger partial charge in [0.2, 0.25) is 0 Å². The summed E-state index contributed by atoms with van der Waals surface area (Å²) in [4.78, 5) is 0. The number of rotatable bonds is 3. The van der Waals surface area contributed by atoms with Crippen LogP contribution in [0.15, 0.2) is 0 Å². The molecule has 13 heavy (non-hydrogen) atoms. The highest BCUT2D eigenvalue weighted by Gasteiger charge is 2.56. The summed E-state index contributed by atoms with van der Waals surface area (Å²) in [6.45, 7) is 1.95. The zero-order valence-corrected chi connectivity index (χ0v) is 7.72. The van der Waals surface area contributed by atoms with Crippen molar-refractivity contribution in [2.75, 3.05) is 6.61 Å². The predicted octanol–water partition coefficient (Wildman–Crippen LogP) is -0.326. The average molecular weight is 188 g/mol. The van der Waals surface area contributed by atoms with Gasteiger partial charge in [0.15, 0.2) is 0 Å². The van der Waals surface area contributed by atoms with Crippen molar-refractivity contribution in [2.45, 2.75) is 50.3 Å². The van der Waals surface area contributed by atoms with Crippen molar-refractivity contribution in [3.8, 4) is 0 Å². The van der Waals surface area contributed by atoms with Gasteiger partial charge in [-0.15, -0.1) is 0 Å². The van der Waals surface area contributed by atoms with Crippen LogP contribution in [0.5, 0.6) is 0 Å². The summed E-state index contributed by atoms with van der Waals surface area (Å²) in [5, 5.41) is 18.5. The molecule has 0 aromatic carbocycles. The van der Waals surface area contributed by atoms with E-state index < -0.39 is 12.2 Å². The molecule has 0 spiro atoms. The van der Waals surface area contributed by atoms with Crippen LogP contribution in [0.2, 0.25) is 0 Å². The maximum absolute atomic E-state index is 9.56. The fourth-order valence-corrected chi connectivity index (χ4v) is 1.97. The van der Waals surface area contributed by atoms with Gasteiger partial charge < -0.3 is 19.7 Å².